The first-order valence-corrected chi connectivity index (χ1v) is 7.97. The fourth-order valence-corrected chi connectivity index (χ4v) is 5.65. The molecular weight excluding hydrogens is 246 g/mol. The number of nitrogens with two attached hydrogens (primary N) is 1. The van der Waals surface area contributed by atoms with Gasteiger partial charge >= 0.3 is 0 Å². The lowest BCUT2D eigenvalue weighted by Crippen LogP contribution is -2.50. The van der Waals surface area contributed by atoms with Crippen molar-refractivity contribution in [2.75, 3.05) is 5.73 Å². The van der Waals surface area contributed by atoms with Gasteiger partial charge in [0.2, 0.25) is 0 Å². The van der Waals surface area contributed by atoms with Crippen LogP contribution in [-0.2, 0) is 0 Å². The minimum Gasteiger partial charge on any atom is -0.398 e. The van der Waals surface area contributed by atoms with Gasteiger partial charge in [-0.15, -0.1) is 0 Å². The molecule has 0 radical (unpaired) electrons. The number of benzene rings is 1. The third-order valence-electron chi connectivity index (χ3n) is 6.05. The molecule has 0 aliphatic heterocycles. The summed E-state index contributed by atoms with van der Waals surface area (Å²) in [7, 11) is 0. The van der Waals surface area contributed by atoms with Crippen LogP contribution in [0.25, 0.3) is 0 Å². The van der Waals surface area contributed by atoms with Gasteiger partial charge in [0.15, 0.2) is 5.78 Å². The Hall–Kier alpha value is -1.31. The van der Waals surface area contributed by atoms with E-state index in [1.807, 2.05) is 25.1 Å². The lowest BCUT2D eigenvalue weighted by molar-refractivity contribution is -0.0352. The molecule has 4 fully saturated rings. The number of anilines is 1. The van der Waals surface area contributed by atoms with Crippen molar-refractivity contribution in [2.45, 2.75) is 45.4 Å². The van der Waals surface area contributed by atoms with Crippen LogP contribution in [0.1, 0.15) is 54.4 Å². The molecule has 4 aliphatic rings. The zero-order valence-electron chi connectivity index (χ0n) is 12.2. The Balaban J connectivity index is 1.75. The van der Waals surface area contributed by atoms with E-state index in [4.69, 9.17) is 5.73 Å². The van der Waals surface area contributed by atoms with Crippen LogP contribution in [-0.4, -0.2) is 5.78 Å². The zero-order valence-corrected chi connectivity index (χ0v) is 12.2. The molecule has 0 amide bonds. The van der Waals surface area contributed by atoms with E-state index < -0.39 is 0 Å². The van der Waals surface area contributed by atoms with Gasteiger partial charge in [-0.25, -0.2) is 0 Å². The van der Waals surface area contributed by atoms with Crippen molar-refractivity contribution in [3.8, 4) is 0 Å². The Kier molecular flexibility index (Phi) is 2.55. The summed E-state index contributed by atoms with van der Waals surface area (Å²) in [6, 6.07) is 5.84. The smallest absolute Gasteiger partial charge is 0.171 e. The highest BCUT2D eigenvalue weighted by molar-refractivity contribution is 6.06. The van der Waals surface area contributed by atoms with E-state index >= 15 is 0 Å². The number of rotatable bonds is 2. The number of carbonyl (C=O) groups excluding carboxylic acids is 1. The number of ketones is 1. The summed E-state index contributed by atoms with van der Waals surface area (Å²) in [6.45, 7) is 2.02. The third kappa shape index (κ3) is 1.66. The number of hydrogen-bond donors (Lipinski definition) is 1. The van der Waals surface area contributed by atoms with Crippen LogP contribution in [0.5, 0.6) is 0 Å². The molecule has 2 N–H and O–H groups in total. The number of aryl methyl sites for hydroxylation is 1. The highest BCUT2D eigenvalue weighted by atomic mass is 16.1. The zero-order chi connectivity index (χ0) is 13.9. The number of Topliss-reactive ketones (excluding diaryl/α,β-unsaturated/α-hetero) is 1. The molecule has 1 aromatic rings. The number of carbonyl (C=O) groups is 1. The number of hydrogen-bond acceptors (Lipinski definition) is 2. The first-order valence-electron chi connectivity index (χ1n) is 7.97. The predicted octanol–water partition coefficient (Wildman–Crippen LogP) is 3.98. The first kappa shape index (κ1) is 12.4. The molecule has 20 heavy (non-hydrogen) atoms. The maximum atomic E-state index is 13.3. The minimum absolute atomic E-state index is 0.0744. The van der Waals surface area contributed by atoms with Crippen molar-refractivity contribution in [3.63, 3.8) is 0 Å². The second-order valence-electron chi connectivity index (χ2n) is 7.57. The second kappa shape index (κ2) is 4.09. The lowest BCUT2D eigenvalue weighted by Gasteiger charge is -2.56. The van der Waals surface area contributed by atoms with Crippen LogP contribution in [0.3, 0.4) is 0 Å². The van der Waals surface area contributed by atoms with Gasteiger partial charge in [-0.1, -0.05) is 12.1 Å². The predicted molar refractivity (Wildman–Crippen MR) is 80.5 cm³/mol. The standard InChI is InChI=1S/C18H23NO/c1-11-3-2-4-15(19)16(11)17(20)18-8-12-5-13(9-18)7-14(6-12)10-18/h2-4,12-14H,5-10,19H2,1H3. The largest absolute Gasteiger partial charge is 0.398 e. The molecule has 1 aromatic carbocycles. The van der Waals surface area contributed by atoms with Gasteiger partial charge in [0, 0.05) is 16.7 Å². The molecule has 2 nitrogen and oxygen atoms in total. The molecule has 106 valence electrons. The first-order chi connectivity index (χ1) is 9.57. The van der Waals surface area contributed by atoms with Crippen molar-refractivity contribution in [3.05, 3.63) is 29.3 Å². The van der Waals surface area contributed by atoms with Crippen LogP contribution >= 0.6 is 0 Å². The van der Waals surface area contributed by atoms with E-state index in [-0.39, 0.29) is 5.41 Å². The molecule has 0 spiro atoms. The van der Waals surface area contributed by atoms with Crippen molar-refractivity contribution in [1.29, 1.82) is 0 Å². The van der Waals surface area contributed by atoms with Gasteiger partial charge in [-0.05, 0) is 74.8 Å². The Morgan fingerprint density at radius 3 is 2.15 bits per heavy atom. The van der Waals surface area contributed by atoms with Crippen LogP contribution in [0.2, 0.25) is 0 Å². The quantitative estimate of drug-likeness (QED) is 0.652. The van der Waals surface area contributed by atoms with E-state index in [2.05, 4.69) is 0 Å². The molecule has 0 atom stereocenters. The van der Waals surface area contributed by atoms with Crippen molar-refractivity contribution < 1.29 is 4.79 Å². The van der Waals surface area contributed by atoms with E-state index in [1.165, 1.54) is 19.3 Å². The summed E-state index contributed by atoms with van der Waals surface area (Å²) in [4.78, 5) is 13.3. The fourth-order valence-electron chi connectivity index (χ4n) is 5.65. The van der Waals surface area contributed by atoms with Gasteiger partial charge in [-0.3, -0.25) is 4.79 Å². The highest BCUT2D eigenvalue weighted by Crippen LogP contribution is 2.61. The Bertz CT molecular complexity index is 519. The van der Waals surface area contributed by atoms with Crippen molar-refractivity contribution in [1.82, 2.24) is 0 Å². The molecule has 2 heteroatoms. The fraction of sp³-hybridized carbons (Fsp3) is 0.611. The molecular formula is C18H23NO. The van der Waals surface area contributed by atoms with Crippen LogP contribution in [0.4, 0.5) is 5.69 Å². The average molecular weight is 269 g/mol. The topological polar surface area (TPSA) is 43.1 Å². The average Bonchev–Trinajstić information content (AvgIpc) is 2.36. The second-order valence-corrected chi connectivity index (χ2v) is 7.57. The van der Waals surface area contributed by atoms with Gasteiger partial charge in [0.05, 0.1) is 0 Å². The molecule has 4 aliphatic carbocycles. The van der Waals surface area contributed by atoms with Crippen molar-refractivity contribution in [2.24, 2.45) is 23.2 Å². The van der Waals surface area contributed by atoms with Crippen molar-refractivity contribution >= 4 is 11.5 Å². The maximum absolute atomic E-state index is 13.3. The minimum atomic E-state index is -0.0744. The normalized spacial score (nSPS) is 38.1. The summed E-state index contributed by atoms with van der Waals surface area (Å²) in [6.07, 6.45) is 7.46. The molecule has 0 heterocycles. The van der Waals surface area contributed by atoms with E-state index in [0.717, 1.165) is 48.1 Å². The summed E-state index contributed by atoms with van der Waals surface area (Å²) >= 11 is 0. The molecule has 4 bridgehead atoms. The summed E-state index contributed by atoms with van der Waals surface area (Å²) in [5.74, 6) is 2.76. The van der Waals surface area contributed by atoms with Gasteiger partial charge in [-0.2, -0.15) is 0 Å². The summed E-state index contributed by atoms with van der Waals surface area (Å²) in [5, 5.41) is 0. The Morgan fingerprint density at radius 2 is 1.65 bits per heavy atom. The van der Waals surface area contributed by atoms with Crippen LogP contribution < -0.4 is 5.73 Å². The molecule has 0 unspecified atom stereocenters. The monoisotopic (exact) mass is 269 g/mol. The lowest BCUT2D eigenvalue weighted by atomic mass is 9.48. The van der Waals surface area contributed by atoms with Gasteiger partial charge in [0.25, 0.3) is 0 Å². The Labute approximate surface area is 120 Å². The maximum Gasteiger partial charge on any atom is 0.171 e. The van der Waals surface area contributed by atoms with E-state index in [9.17, 15) is 4.79 Å². The van der Waals surface area contributed by atoms with E-state index in [0.29, 0.717) is 11.5 Å². The van der Waals surface area contributed by atoms with E-state index in [1.54, 1.807) is 0 Å². The Morgan fingerprint density at radius 1 is 1.10 bits per heavy atom. The molecule has 0 aromatic heterocycles. The highest BCUT2D eigenvalue weighted by Gasteiger charge is 2.54. The summed E-state index contributed by atoms with van der Waals surface area (Å²) in [5.41, 5.74) is 8.58. The molecule has 5 rings (SSSR count). The van der Waals surface area contributed by atoms with Crippen LogP contribution in [0, 0.1) is 30.1 Å². The third-order valence-corrected chi connectivity index (χ3v) is 6.05. The van der Waals surface area contributed by atoms with Gasteiger partial charge in [0.1, 0.15) is 0 Å². The van der Waals surface area contributed by atoms with Crippen LogP contribution in [0.15, 0.2) is 18.2 Å². The summed E-state index contributed by atoms with van der Waals surface area (Å²) < 4.78 is 0. The number of nitrogen functional groups attached to an aromatic ring is 1. The molecule has 0 saturated heterocycles. The van der Waals surface area contributed by atoms with Gasteiger partial charge < -0.3 is 5.73 Å². The molecule has 4 saturated carbocycles. The SMILES string of the molecule is Cc1cccc(N)c1C(=O)C12CC3CC(CC(C3)C1)C2.